The van der Waals surface area contributed by atoms with E-state index in [0.29, 0.717) is 0 Å². The van der Waals surface area contributed by atoms with E-state index in [9.17, 15) is 0 Å². The number of rotatable bonds is 1. The fourth-order valence-corrected chi connectivity index (χ4v) is 2.11. The summed E-state index contributed by atoms with van der Waals surface area (Å²) < 4.78 is 0. The van der Waals surface area contributed by atoms with Gasteiger partial charge < -0.3 is 5.32 Å². The van der Waals surface area contributed by atoms with Crippen LogP contribution in [0.1, 0.15) is 36.0 Å². The van der Waals surface area contributed by atoms with E-state index in [4.69, 9.17) is 0 Å². The highest BCUT2D eigenvalue weighted by Gasteiger charge is 2.17. The molecule has 1 nitrogen and oxygen atoms in total. The lowest BCUT2D eigenvalue weighted by Crippen LogP contribution is -2.27. The number of fused-ring (bicyclic) bond motifs is 1. The maximum Gasteiger partial charge on any atom is 0.0208 e. The average Bonchev–Trinajstić information content (AvgIpc) is 2.17. The minimum absolute atomic E-state index is 0.726. The highest BCUT2D eigenvalue weighted by atomic mass is 14.9. The molecule has 1 aliphatic heterocycles. The summed E-state index contributed by atoms with van der Waals surface area (Å²) in [6.45, 7) is 6.64. The maximum atomic E-state index is 3.46. The van der Waals surface area contributed by atoms with E-state index < -0.39 is 0 Å². The predicted octanol–water partition coefficient (Wildman–Crippen LogP) is 2.59. The van der Waals surface area contributed by atoms with E-state index in [1.807, 2.05) is 0 Å². The summed E-state index contributed by atoms with van der Waals surface area (Å²) in [4.78, 5) is 0. The number of aryl methyl sites for hydroxylation is 1. The van der Waals surface area contributed by atoms with E-state index >= 15 is 0 Å². The van der Waals surface area contributed by atoms with Gasteiger partial charge in [-0.25, -0.2) is 0 Å². The number of benzene rings is 1. The minimum Gasteiger partial charge on any atom is -0.312 e. The summed E-state index contributed by atoms with van der Waals surface area (Å²) in [5, 5.41) is 3.46. The smallest absolute Gasteiger partial charge is 0.0208 e. The molecule has 1 N–H and O–H groups in total. The Balaban J connectivity index is 2.41. The van der Waals surface area contributed by atoms with Crippen molar-refractivity contribution in [2.24, 2.45) is 0 Å². The van der Waals surface area contributed by atoms with Gasteiger partial charge in [0, 0.05) is 13.1 Å². The van der Waals surface area contributed by atoms with Gasteiger partial charge in [-0.2, -0.15) is 0 Å². The number of hydrogen-bond acceptors (Lipinski definition) is 1. The molecule has 70 valence electrons. The molecule has 2 rings (SSSR count). The van der Waals surface area contributed by atoms with Gasteiger partial charge in [-0.05, 0) is 30.4 Å². The SMILES string of the molecule is CCC1CNCc2ccc(C)cc21. The lowest BCUT2D eigenvalue weighted by atomic mass is 9.88. The molecule has 1 heteroatoms. The van der Waals surface area contributed by atoms with Crippen LogP contribution in [-0.4, -0.2) is 6.54 Å². The van der Waals surface area contributed by atoms with Crippen LogP contribution < -0.4 is 5.32 Å². The van der Waals surface area contributed by atoms with Crippen molar-refractivity contribution in [2.75, 3.05) is 6.54 Å². The van der Waals surface area contributed by atoms with Gasteiger partial charge in [0.2, 0.25) is 0 Å². The van der Waals surface area contributed by atoms with Crippen LogP contribution in [0, 0.1) is 6.92 Å². The highest BCUT2D eigenvalue weighted by Crippen LogP contribution is 2.27. The molecule has 0 saturated heterocycles. The predicted molar refractivity (Wildman–Crippen MR) is 55.9 cm³/mol. The Bertz CT molecular complexity index is 304. The minimum atomic E-state index is 0.726. The first-order valence-corrected chi connectivity index (χ1v) is 5.11. The summed E-state index contributed by atoms with van der Waals surface area (Å²) >= 11 is 0. The molecule has 0 aliphatic carbocycles. The quantitative estimate of drug-likeness (QED) is 0.691. The van der Waals surface area contributed by atoms with Crippen molar-refractivity contribution in [3.63, 3.8) is 0 Å². The van der Waals surface area contributed by atoms with Crippen molar-refractivity contribution >= 4 is 0 Å². The van der Waals surface area contributed by atoms with Crippen LogP contribution >= 0.6 is 0 Å². The monoisotopic (exact) mass is 175 g/mol. The van der Waals surface area contributed by atoms with Gasteiger partial charge in [0.1, 0.15) is 0 Å². The van der Waals surface area contributed by atoms with E-state index in [0.717, 1.165) is 19.0 Å². The second kappa shape index (κ2) is 3.51. The highest BCUT2D eigenvalue weighted by molar-refractivity contribution is 5.36. The molecule has 0 radical (unpaired) electrons. The summed E-state index contributed by atoms with van der Waals surface area (Å²) in [6, 6.07) is 6.82. The molecule has 0 saturated carbocycles. The third-order valence-electron chi connectivity index (χ3n) is 2.94. The van der Waals surface area contributed by atoms with E-state index in [1.165, 1.54) is 17.5 Å². The van der Waals surface area contributed by atoms with Crippen LogP contribution in [0.4, 0.5) is 0 Å². The van der Waals surface area contributed by atoms with Crippen LogP contribution in [0.3, 0.4) is 0 Å². The van der Waals surface area contributed by atoms with Gasteiger partial charge in [0.25, 0.3) is 0 Å². The van der Waals surface area contributed by atoms with E-state index in [1.54, 1.807) is 5.56 Å². The first kappa shape index (κ1) is 8.76. The topological polar surface area (TPSA) is 12.0 Å². The van der Waals surface area contributed by atoms with Gasteiger partial charge >= 0.3 is 0 Å². The van der Waals surface area contributed by atoms with Crippen molar-refractivity contribution in [3.8, 4) is 0 Å². The number of hydrogen-bond donors (Lipinski definition) is 1. The zero-order chi connectivity index (χ0) is 9.26. The van der Waals surface area contributed by atoms with Crippen LogP contribution in [0.2, 0.25) is 0 Å². The van der Waals surface area contributed by atoms with Gasteiger partial charge in [-0.1, -0.05) is 30.7 Å². The molecule has 1 atom stereocenters. The van der Waals surface area contributed by atoms with Gasteiger partial charge in [-0.3, -0.25) is 0 Å². The van der Waals surface area contributed by atoms with Gasteiger partial charge in [-0.15, -0.1) is 0 Å². The third kappa shape index (κ3) is 1.61. The zero-order valence-electron chi connectivity index (χ0n) is 8.43. The fourth-order valence-electron chi connectivity index (χ4n) is 2.11. The molecule has 1 heterocycles. The zero-order valence-corrected chi connectivity index (χ0v) is 8.43. The Morgan fingerprint density at radius 3 is 3.08 bits per heavy atom. The molecular weight excluding hydrogens is 158 g/mol. The van der Waals surface area contributed by atoms with Crippen molar-refractivity contribution in [1.82, 2.24) is 5.32 Å². The Morgan fingerprint density at radius 2 is 2.31 bits per heavy atom. The molecule has 13 heavy (non-hydrogen) atoms. The van der Waals surface area contributed by atoms with E-state index in [-0.39, 0.29) is 0 Å². The Labute approximate surface area is 80.2 Å². The third-order valence-corrected chi connectivity index (χ3v) is 2.94. The first-order chi connectivity index (χ1) is 6.31. The van der Waals surface area contributed by atoms with Crippen molar-refractivity contribution < 1.29 is 0 Å². The lowest BCUT2D eigenvalue weighted by molar-refractivity contribution is 0.530. The van der Waals surface area contributed by atoms with Crippen LogP contribution in [-0.2, 0) is 6.54 Å². The lowest BCUT2D eigenvalue weighted by Gasteiger charge is -2.25. The summed E-state index contributed by atoms with van der Waals surface area (Å²) in [5.74, 6) is 0.726. The molecule has 0 spiro atoms. The van der Waals surface area contributed by atoms with E-state index in [2.05, 4.69) is 37.4 Å². The molecule has 1 aromatic rings. The second-order valence-electron chi connectivity index (χ2n) is 3.94. The van der Waals surface area contributed by atoms with Crippen molar-refractivity contribution in [1.29, 1.82) is 0 Å². The fraction of sp³-hybridized carbons (Fsp3) is 0.500. The molecule has 0 aromatic heterocycles. The molecule has 0 fully saturated rings. The maximum absolute atomic E-state index is 3.46. The first-order valence-electron chi connectivity index (χ1n) is 5.11. The molecule has 0 bridgehead atoms. The Kier molecular flexibility index (Phi) is 2.36. The molecule has 1 aliphatic rings. The van der Waals surface area contributed by atoms with Gasteiger partial charge in [0.15, 0.2) is 0 Å². The Hall–Kier alpha value is -0.820. The average molecular weight is 175 g/mol. The molecule has 0 amide bonds. The largest absolute Gasteiger partial charge is 0.312 e. The molecule has 1 unspecified atom stereocenters. The van der Waals surface area contributed by atoms with Crippen molar-refractivity contribution in [3.05, 3.63) is 34.9 Å². The number of nitrogens with one attached hydrogen (secondary N) is 1. The van der Waals surface area contributed by atoms with Gasteiger partial charge in [0.05, 0.1) is 0 Å². The molecular formula is C12H17N. The summed E-state index contributed by atoms with van der Waals surface area (Å²) in [6.07, 6.45) is 1.24. The normalized spacial score (nSPS) is 21.2. The summed E-state index contributed by atoms with van der Waals surface area (Å²) in [5.41, 5.74) is 4.45. The standard InChI is InChI=1S/C12H17N/c1-3-10-7-13-8-11-5-4-9(2)6-12(10)11/h4-6,10,13H,3,7-8H2,1-2H3. The van der Waals surface area contributed by atoms with Crippen molar-refractivity contribution in [2.45, 2.75) is 32.7 Å². The Morgan fingerprint density at radius 1 is 1.46 bits per heavy atom. The second-order valence-corrected chi connectivity index (χ2v) is 3.94. The van der Waals surface area contributed by atoms with Crippen LogP contribution in [0.5, 0.6) is 0 Å². The molecule has 1 aromatic carbocycles. The summed E-state index contributed by atoms with van der Waals surface area (Å²) in [7, 11) is 0. The van der Waals surface area contributed by atoms with Crippen LogP contribution in [0.15, 0.2) is 18.2 Å². The van der Waals surface area contributed by atoms with Crippen LogP contribution in [0.25, 0.3) is 0 Å².